The lowest BCUT2D eigenvalue weighted by molar-refractivity contribution is 1.25. The van der Waals surface area contributed by atoms with Crippen LogP contribution in [0.1, 0.15) is 10.7 Å². The first-order chi connectivity index (χ1) is 5.77. The SMILES string of the molecule is [CH2][SH]1C=CC=C1c1nc(C)cs1. The van der Waals surface area contributed by atoms with Gasteiger partial charge in [0.25, 0.3) is 0 Å². The van der Waals surface area contributed by atoms with Crippen LogP contribution in [0.2, 0.25) is 0 Å². The van der Waals surface area contributed by atoms with E-state index in [2.05, 4.69) is 34.2 Å². The van der Waals surface area contributed by atoms with Gasteiger partial charge in [-0.1, -0.05) is 6.08 Å². The minimum Gasteiger partial charge on any atom is -0.241 e. The van der Waals surface area contributed by atoms with Crippen LogP contribution in [-0.4, -0.2) is 4.98 Å². The smallest absolute Gasteiger partial charge is 0.128 e. The first-order valence-electron chi connectivity index (χ1n) is 3.68. The summed E-state index contributed by atoms with van der Waals surface area (Å²) in [5.74, 6) is 0. The number of rotatable bonds is 1. The Kier molecular flexibility index (Phi) is 2.07. The molecule has 12 heavy (non-hydrogen) atoms. The van der Waals surface area contributed by atoms with Crippen molar-refractivity contribution in [3.8, 4) is 0 Å². The molecule has 1 aromatic rings. The van der Waals surface area contributed by atoms with Gasteiger partial charge in [0.05, 0.1) is 0 Å². The van der Waals surface area contributed by atoms with E-state index in [9.17, 15) is 0 Å². The maximum atomic E-state index is 4.43. The molecule has 1 aliphatic rings. The van der Waals surface area contributed by atoms with E-state index in [-0.39, 0.29) is 10.9 Å². The summed E-state index contributed by atoms with van der Waals surface area (Å²) in [6.45, 7) is 2.02. The highest BCUT2D eigenvalue weighted by Gasteiger charge is 2.11. The molecule has 2 heterocycles. The quantitative estimate of drug-likeness (QED) is 0.681. The zero-order chi connectivity index (χ0) is 8.55. The molecule has 0 aromatic carbocycles. The van der Waals surface area contributed by atoms with Crippen molar-refractivity contribution in [3.05, 3.63) is 39.9 Å². The average molecular weight is 196 g/mol. The van der Waals surface area contributed by atoms with E-state index in [4.69, 9.17) is 0 Å². The Morgan fingerprint density at radius 2 is 2.42 bits per heavy atom. The molecule has 1 radical (unpaired) electrons. The van der Waals surface area contributed by atoms with Gasteiger partial charge in [-0.15, -0.1) is 11.3 Å². The molecular weight excluding hydrogens is 186 g/mol. The summed E-state index contributed by atoms with van der Waals surface area (Å²) in [5, 5.41) is 5.37. The fourth-order valence-electron chi connectivity index (χ4n) is 1.08. The number of allylic oxidation sites excluding steroid dienone is 2. The molecule has 63 valence electrons. The molecule has 0 N–H and O–H groups in total. The number of thiazole rings is 1. The van der Waals surface area contributed by atoms with Crippen molar-refractivity contribution in [2.75, 3.05) is 0 Å². The molecule has 0 saturated carbocycles. The molecule has 1 atom stereocenters. The topological polar surface area (TPSA) is 12.9 Å². The molecule has 0 fully saturated rings. The van der Waals surface area contributed by atoms with Crippen LogP contribution in [0.3, 0.4) is 0 Å². The van der Waals surface area contributed by atoms with Crippen molar-refractivity contribution in [1.29, 1.82) is 0 Å². The number of aryl methyl sites for hydroxylation is 1. The normalized spacial score (nSPS) is 24.5. The third-order valence-corrected chi connectivity index (χ3v) is 4.32. The molecule has 2 rings (SSSR count). The van der Waals surface area contributed by atoms with E-state index < -0.39 is 0 Å². The van der Waals surface area contributed by atoms with Gasteiger partial charge < -0.3 is 0 Å². The molecule has 0 amide bonds. The maximum Gasteiger partial charge on any atom is 0.128 e. The highest BCUT2D eigenvalue weighted by molar-refractivity contribution is 8.28. The lowest BCUT2D eigenvalue weighted by Crippen LogP contribution is -1.78. The van der Waals surface area contributed by atoms with Crippen LogP contribution < -0.4 is 0 Å². The number of thiol groups is 1. The van der Waals surface area contributed by atoms with E-state index in [0.29, 0.717) is 0 Å². The molecule has 1 nitrogen and oxygen atoms in total. The van der Waals surface area contributed by atoms with Gasteiger partial charge in [-0.2, -0.15) is 0 Å². The summed E-state index contributed by atoms with van der Waals surface area (Å²) in [6, 6.07) is 0. The predicted octanol–water partition coefficient (Wildman–Crippen LogP) is 3.11. The second kappa shape index (κ2) is 3.07. The van der Waals surface area contributed by atoms with Crippen LogP contribution in [0.4, 0.5) is 0 Å². The lowest BCUT2D eigenvalue weighted by Gasteiger charge is -2.07. The second-order valence-electron chi connectivity index (χ2n) is 2.66. The van der Waals surface area contributed by atoms with Gasteiger partial charge in [0.15, 0.2) is 0 Å². The van der Waals surface area contributed by atoms with Crippen molar-refractivity contribution in [3.63, 3.8) is 0 Å². The van der Waals surface area contributed by atoms with Crippen molar-refractivity contribution in [2.45, 2.75) is 6.92 Å². The van der Waals surface area contributed by atoms with E-state index in [1.54, 1.807) is 11.3 Å². The number of hydrogen-bond acceptors (Lipinski definition) is 2. The average Bonchev–Trinajstić information content (AvgIpc) is 2.58. The third kappa shape index (κ3) is 1.34. The van der Waals surface area contributed by atoms with Crippen LogP contribution >= 0.6 is 22.2 Å². The predicted molar refractivity (Wildman–Crippen MR) is 58.3 cm³/mol. The summed E-state index contributed by atoms with van der Waals surface area (Å²) in [5.41, 5.74) is 1.10. The first kappa shape index (κ1) is 8.08. The van der Waals surface area contributed by atoms with Crippen LogP contribution in [0, 0.1) is 13.2 Å². The lowest BCUT2D eigenvalue weighted by atomic mass is 10.5. The van der Waals surface area contributed by atoms with Gasteiger partial charge >= 0.3 is 0 Å². The van der Waals surface area contributed by atoms with Gasteiger partial charge in [0.1, 0.15) is 5.01 Å². The third-order valence-electron chi connectivity index (χ3n) is 1.67. The molecule has 1 unspecified atom stereocenters. The largest absolute Gasteiger partial charge is 0.241 e. The Morgan fingerprint density at radius 1 is 1.58 bits per heavy atom. The zero-order valence-electron chi connectivity index (χ0n) is 6.82. The molecule has 1 aliphatic heterocycles. The Balaban J connectivity index is 2.33. The summed E-state index contributed by atoms with van der Waals surface area (Å²) in [6.07, 6.45) is 8.28. The van der Waals surface area contributed by atoms with Crippen molar-refractivity contribution < 1.29 is 0 Å². The molecule has 0 bridgehead atoms. The summed E-state index contributed by atoms with van der Waals surface area (Å²) in [7, 11) is -0.313. The zero-order valence-corrected chi connectivity index (χ0v) is 8.53. The van der Waals surface area contributed by atoms with Crippen LogP contribution in [-0.2, 0) is 0 Å². The fourth-order valence-corrected chi connectivity index (χ4v) is 3.34. The minimum absolute atomic E-state index is 0.313. The van der Waals surface area contributed by atoms with Crippen LogP contribution in [0.5, 0.6) is 0 Å². The molecule has 1 aromatic heterocycles. The molecule has 0 aliphatic carbocycles. The Bertz CT molecular complexity index is 349. The maximum absolute atomic E-state index is 4.43. The van der Waals surface area contributed by atoms with Gasteiger partial charge in [-0.05, 0) is 24.7 Å². The minimum atomic E-state index is -0.313. The van der Waals surface area contributed by atoms with Gasteiger partial charge in [-0.3, -0.25) is 0 Å². The van der Waals surface area contributed by atoms with Gasteiger partial charge in [0, 0.05) is 16.0 Å². The Hall–Kier alpha value is -0.540. The van der Waals surface area contributed by atoms with Gasteiger partial charge in [-0.25, -0.2) is 15.9 Å². The Morgan fingerprint density at radius 3 is 2.92 bits per heavy atom. The van der Waals surface area contributed by atoms with Crippen molar-refractivity contribution in [1.82, 2.24) is 4.98 Å². The van der Waals surface area contributed by atoms with Crippen LogP contribution in [0.15, 0.2) is 22.9 Å². The second-order valence-corrected chi connectivity index (χ2v) is 5.23. The number of hydrogen-bond donors (Lipinski definition) is 1. The Labute approximate surface area is 79.2 Å². The molecule has 0 spiro atoms. The van der Waals surface area contributed by atoms with E-state index in [0.717, 1.165) is 10.7 Å². The molecule has 0 saturated heterocycles. The van der Waals surface area contributed by atoms with E-state index >= 15 is 0 Å². The summed E-state index contributed by atoms with van der Waals surface area (Å²) < 4.78 is 0. The highest BCUT2D eigenvalue weighted by atomic mass is 32.2. The number of aromatic nitrogens is 1. The standard InChI is InChI=1S/C9H10NS2/c1-7-6-11-9(10-7)8-4-3-5-12(8)2/h3-6,12H,2H2,1H3. The molecule has 3 heteroatoms. The van der Waals surface area contributed by atoms with Crippen LogP contribution in [0.25, 0.3) is 4.91 Å². The number of nitrogens with zero attached hydrogens (tertiary/aromatic N) is 1. The molecular formula is C9H10NS2. The first-order valence-corrected chi connectivity index (χ1v) is 6.15. The fraction of sp³-hybridized carbons (Fsp3) is 0.111. The van der Waals surface area contributed by atoms with Crippen molar-refractivity contribution >= 4 is 27.1 Å². The monoisotopic (exact) mass is 196 g/mol. The summed E-state index contributed by atoms with van der Waals surface area (Å²) >= 11 is 1.71. The van der Waals surface area contributed by atoms with Crippen molar-refractivity contribution in [2.24, 2.45) is 0 Å². The summed E-state index contributed by atoms with van der Waals surface area (Å²) in [4.78, 5) is 5.74. The highest BCUT2D eigenvalue weighted by Crippen LogP contribution is 2.46. The van der Waals surface area contributed by atoms with Gasteiger partial charge in [0.2, 0.25) is 0 Å². The van der Waals surface area contributed by atoms with E-state index in [1.807, 2.05) is 6.92 Å². The van der Waals surface area contributed by atoms with E-state index in [1.165, 1.54) is 4.91 Å².